The lowest BCUT2D eigenvalue weighted by Gasteiger charge is -2.22. The monoisotopic (exact) mass is 220 g/mol. The van der Waals surface area contributed by atoms with Crippen LogP contribution in [-0.2, 0) is 6.54 Å². The molecule has 0 radical (unpaired) electrons. The van der Waals surface area contributed by atoms with Crippen molar-refractivity contribution in [3.8, 4) is 0 Å². The molecule has 2 rings (SSSR count). The molecule has 1 heterocycles. The van der Waals surface area contributed by atoms with Gasteiger partial charge in [-0.05, 0) is 18.9 Å². The largest absolute Gasteiger partial charge is 0.314 e. The molecule has 3 heteroatoms. The van der Waals surface area contributed by atoms with Gasteiger partial charge in [0.1, 0.15) is 0 Å². The maximum Gasteiger partial charge on any atom is 0.250 e. The Balaban J connectivity index is 1.75. The molecule has 1 aliphatic rings. The van der Waals surface area contributed by atoms with Crippen LogP contribution in [0.3, 0.4) is 0 Å². The van der Waals surface area contributed by atoms with Gasteiger partial charge in [-0.3, -0.25) is 4.79 Å². The van der Waals surface area contributed by atoms with Crippen molar-refractivity contribution in [2.75, 3.05) is 6.54 Å². The van der Waals surface area contributed by atoms with E-state index in [1.807, 2.05) is 12.3 Å². The summed E-state index contributed by atoms with van der Waals surface area (Å²) in [7, 11) is 0. The summed E-state index contributed by atoms with van der Waals surface area (Å²) in [6, 6.07) is 5.98. The van der Waals surface area contributed by atoms with Crippen LogP contribution in [0.2, 0.25) is 0 Å². The van der Waals surface area contributed by atoms with Crippen LogP contribution in [-0.4, -0.2) is 17.2 Å². The van der Waals surface area contributed by atoms with Crippen LogP contribution in [0.25, 0.3) is 0 Å². The zero-order valence-corrected chi connectivity index (χ0v) is 9.69. The summed E-state index contributed by atoms with van der Waals surface area (Å²) in [4.78, 5) is 11.4. The van der Waals surface area contributed by atoms with Crippen LogP contribution in [0, 0.1) is 0 Å². The zero-order chi connectivity index (χ0) is 11.2. The molecule has 0 unspecified atom stereocenters. The summed E-state index contributed by atoms with van der Waals surface area (Å²) in [6.07, 6.45) is 8.53. The van der Waals surface area contributed by atoms with Gasteiger partial charge in [0.2, 0.25) is 0 Å². The highest BCUT2D eigenvalue weighted by Crippen LogP contribution is 2.16. The van der Waals surface area contributed by atoms with Gasteiger partial charge in [0.15, 0.2) is 0 Å². The molecular weight excluding hydrogens is 200 g/mol. The third-order valence-corrected chi connectivity index (χ3v) is 3.29. The van der Waals surface area contributed by atoms with E-state index in [0.717, 1.165) is 13.1 Å². The Morgan fingerprint density at radius 2 is 2.06 bits per heavy atom. The number of nitrogens with zero attached hydrogens (tertiary/aromatic N) is 1. The Morgan fingerprint density at radius 1 is 1.25 bits per heavy atom. The molecule has 1 saturated carbocycles. The van der Waals surface area contributed by atoms with E-state index in [0.29, 0.717) is 6.04 Å². The molecule has 0 aromatic carbocycles. The average Bonchev–Trinajstić information content (AvgIpc) is 2.33. The second kappa shape index (κ2) is 5.85. The highest BCUT2D eigenvalue weighted by molar-refractivity contribution is 4.93. The molecule has 1 N–H and O–H groups in total. The summed E-state index contributed by atoms with van der Waals surface area (Å²) in [6.45, 7) is 1.67. The van der Waals surface area contributed by atoms with Gasteiger partial charge in [0.25, 0.3) is 5.56 Å². The van der Waals surface area contributed by atoms with Crippen molar-refractivity contribution in [1.29, 1.82) is 0 Å². The van der Waals surface area contributed by atoms with Crippen LogP contribution in [0.4, 0.5) is 0 Å². The van der Waals surface area contributed by atoms with E-state index in [1.165, 1.54) is 32.1 Å². The Labute approximate surface area is 96.5 Å². The third kappa shape index (κ3) is 3.20. The molecule has 1 aliphatic carbocycles. The minimum Gasteiger partial charge on any atom is -0.314 e. The number of hydrogen-bond acceptors (Lipinski definition) is 2. The highest BCUT2D eigenvalue weighted by Gasteiger charge is 2.11. The van der Waals surface area contributed by atoms with Gasteiger partial charge in [-0.25, -0.2) is 0 Å². The zero-order valence-electron chi connectivity index (χ0n) is 9.69. The molecule has 88 valence electrons. The van der Waals surface area contributed by atoms with Crippen LogP contribution in [0.5, 0.6) is 0 Å². The third-order valence-electron chi connectivity index (χ3n) is 3.29. The van der Waals surface area contributed by atoms with Crippen LogP contribution >= 0.6 is 0 Å². The minimum absolute atomic E-state index is 0.0907. The summed E-state index contributed by atoms with van der Waals surface area (Å²) in [5, 5.41) is 3.54. The fraction of sp³-hybridized carbons (Fsp3) is 0.615. The van der Waals surface area contributed by atoms with Crippen molar-refractivity contribution in [1.82, 2.24) is 9.88 Å². The predicted molar refractivity (Wildman–Crippen MR) is 65.6 cm³/mol. The molecule has 16 heavy (non-hydrogen) atoms. The van der Waals surface area contributed by atoms with Gasteiger partial charge < -0.3 is 9.88 Å². The average molecular weight is 220 g/mol. The summed E-state index contributed by atoms with van der Waals surface area (Å²) in [5.41, 5.74) is 0.0907. The molecule has 0 aliphatic heterocycles. The lowest BCUT2D eigenvalue weighted by Crippen LogP contribution is -2.34. The molecule has 0 atom stereocenters. The Kier molecular flexibility index (Phi) is 4.17. The predicted octanol–water partition coefficient (Wildman–Crippen LogP) is 1.77. The Hall–Kier alpha value is -1.09. The first-order valence-electron chi connectivity index (χ1n) is 6.25. The van der Waals surface area contributed by atoms with E-state index >= 15 is 0 Å². The van der Waals surface area contributed by atoms with Crippen molar-refractivity contribution < 1.29 is 0 Å². The topological polar surface area (TPSA) is 34.0 Å². The fourth-order valence-electron chi connectivity index (χ4n) is 2.34. The molecule has 0 saturated heterocycles. The lowest BCUT2D eigenvalue weighted by atomic mass is 9.95. The summed E-state index contributed by atoms with van der Waals surface area (Å²) in [5.74, 6) is 0. The Morgan fingerprint density at radius 3 is 2.81 bits per heavy atom. The van der Waals surface area contributed by atoms with Crippen molar-refractivity contribution in [3.05, 3.63) is 34.7 Å². The molecule has 1 aromatic rings. The molecule has 0 amide bonds. The number of pyridine rings is 1. The molecule has 0 bridgehead atoms. The Bertz CT molecular complexity index is 366. The van der Waals surface area contributed by atoms with Crippen LogP contribution in [0.15, 0.2) is 29.2 Å². The lowest BCUT2D eigenvalue weighted by molar-refractivity contribution is 0.367. The first-order chi connectivity index (χ1) is 7.86. The van der Waals surface area contributed by atoms with Crippen molar-refractivity contribution in [2.24, 2.45) is 0 Å². The van der Waals surface area contributed by atoms with Crippen LogP contribution in [0.1, 0.15) is 32.1 Å². The van der Waals surface area contributed by atoms with E-state index in [9.17, 15) is 4.79 Å². The number of nitrogens with one attached hydrogen (secondary N) is 1. The van der Waals surface area contributed by atoms with Gasteiger partial charge in [-0.1, -0.05) is 25.3 Å². The van der Waals surface area contributed by atoms with E-state index in [4.69, 9.17) is 0 Å². The second-order valence-electron chi connectivity index (χ2n) is 4.52. The van der Waals surface area contributed by atoms with E-state index in [2.05, 4.69) is 5.32 Å². The molecule has 1 fully saturated rings. The van der Waals surface area contributed by atoms with Gasteiger partial charge in [0, 0.05) is 31.4 Å². The van der Waals surface area contributed by atoms with E-state index < -0.39 is 0 Å². The van der Waals surface area contributed by atoms with Crippen molar-refractivity contribution in [2.45, 2.75) is 44.7 Å². The molecule has 1 aromatic heterocycles. The van der Waals surface area contributed by atoms with Gasteiger partial charge >= 0.3 is 0 Å². The fourth-order valence-corrected chi connectivity index (χ4v) is 2.34. The molecule has 3 nitrogen and oxygen atoms in total. The summed E-state index contributed by atoms with van der Waals surface area (Å²) >= 11 is 0. The minimum atomic E-state index is 0.0907. The molecular formula is C13H20N2O. The van der Waals surface area contributed by atoms with Gasteiger partial charge in [0.05, 0.1) is 0 Å². The number of aromatic nitrogens is 1. The van der Waals surface area contributed by atoms with Gasteiger partial charge in [-0.2, -0.15) is 0 Å². The van der Waals surface area contributed by atoms with E-state index in [1.54, 1.807) is 16.7 Å². The quantitative estimate of drug-likeness (QED) is 0.839. The number of hydrogen-bond donors (Lipinski definition) is 1. The SMILES string of the molecule is O=c1ccccn1CCNC1CCCCC1. The number of rotatable bonds is 4. The first-order valence-corrected chi connectivity index (χ1v) is 6.25. The van der Waals surface area contributed by atoms with Gasteiger partial charge in [-0.15, -0.1) is 0 Å². The first kappa shape index (κ1) is 11.4. The normalized spacial score (nSPS) is 17.5. The maximum absolute atomic E-state index is 11.4. The standard InChI is InChI=1S/C13H20N2O/c16-13-8-4-5-10-15(13)11-9-14-12-6-2-1-3-7-12/h4-5,8,10,12,14H,1-3,6-7,9,11H2. The highest BCUT2D eigenvalue weighted by atomic mass is 16.1. The maximum atomic E-state index is 11.4. The molecule has 0 spiro atoms. The van der Waals surface area contributed by atoms with Crippen LogP contribution < -0.4 is 10.9 Å². The smallest absolute Gasteiger partial charge is 0.250 e. The second-order valence-corrected chi connectivity index (χ2v) is 4.52. The van der Waals surface area contributed by atoms with Crippen molar-refractivity contribution >= 4 is 0 Å². The van der Waals surface area contributed by atoms with Crippen molar-refractivity contribution in [3.63, 3.8) is 0 Å². The summed E-state index contributed by atoms with van der Waals surface area (Å²) < 4.78 is 1.76. The van der Waals surface area contributed by atoms with E-state index in [-0.39, 0.29) is 5.56 Å².